The van der Waals surface area contributed by atoms with Crippen LogP contribution in [0.2, 0.25) is 0 Å². The zero-order valence-corrected chi connectivity index (χ0v) is 19.9. The Balaban J connectivity index is 1.38. The van der Waals surface area contributed by atoms with E-state index in [1.165, 1.54) is 11.1 Å². The number of benzene rings is 2. The van der Waals surface area contributed by atoms with E-state index < -0.39 is 6.09 Å². The number of rotatable bonds is 6. The second kappa shape index (κ2) is 8.58. The molecular weight excluding hydrogens is 428 g/mol. The molecule has 1 amide bonds. The van der Waals surface area contributed by atoms with E-state index in [0.717, 1.165) is 75.0 Å². The molecular formula is C28H34N2O4. The van der Waals surface area contributed by atoms with E-state index in [-0.39, 0.29) is 24.3 Å². The summed E-state index contributed by atoms with van der Waals surface area (Å²) in [6.45, 7) is 3.34. The van der Waals surface area contributed by atoms with Crippen LogP contribution in [0, 0.1) is 11.3 Å². The molecule has 3 aliphatic heterocycles. The first-order valence-corrected chi connectivity index (χ1v) is 12.7. The molecule has 0 radical (unpaired) electrons. The van der Waals surface area contributed by atoms with E-state index in [1.807, 2.05) is 23.1 Å². The SMILES string of the molecule is COCOc1ccccc1-c1ccc2c(c1)CCC1(CC1)[C@@H]2N(C(=O)O)C1CN2CCC1CC2. The number of nitrogens with zero attached hydrogens (tertiary/aromatic N) is 2. The molecule has 7 rings (SSSR count). The zero-order valence-electron chi connectivity index (χ0n) is 19.9. The number of fused-ring (bicyclic) bond motifs is 4. The Hall–Kier alpha value is -2.57. The average molecular weight is 463 g/mol. The van der Waals surface area contributed by atoms with Gasteiger partial charge in [0.1, 0.15) is 5.75 Å². The molecule has 2 aromatic rings. The third-order valence-electron chi connectivity index (χ3n) is 8.81. The van der Waals surface area contributed by atoms with Crippen molar-refractivity contribution < 1.29 is 19.4 Å². The van der Waals surface area contributed by atoms with E-state index in [1.54, 1.807) is 7.11 Å². The highest BCUT2D eigenvalue weighted by atomic mass is 16.7. The second-order valence-electron chi connectivity index (χ2n) is 10.6. The normalized spacial score (nSPS) is 28.4. The van der Waals surface area contributed by atoms with Gasteiger partial charge in [-0.25, -0.2) is 4.79 Å². The average Bonchev–Trinajstić information content (AvgIpc) is 3.65. The Kier molecular flexibility index (Phi) is 5.53. The highest BCUT2D eigenvalue weighted by Crippen LogP contribution is 2.64. The fraction of sp³-hybridized carbons (Fsp3) is 0.536. The monoisotopic (exact) mass is 462 g/mol. The lowest BCUT2D eigenvalue weighted by atomic mass is 9.73. The van der Waals surface area contributed by atoms with E-state index in [2.05, 4.69) is 29.2 Å². The first-order chi connectivity index (χ1) is 16.6. The van der Waals surface area contributed by atoms with Crippen molar-refractivity contribution in [3.8, 4) is 16.9 Å². The fourth-order valence-electron chi connectivity index (χ4n) is 6.88. The van der Waals surface area contributed by atoms with Gasteiger partial charge in [0, 0.05) is 19.2 Å². The topological polar surface area (TPSA) is 62.2 Å². The molecule has 1 saturated carbocycles. The van der Waals surface area contributed by atoms with Crippen molar-refractivity contribution >= 4 is 6.09 Å². The predicted molar refractivity (Wildman–Crippen MR) is 130 cm³/mol. The third-order valence-corrected chi connectivity index (χ3v) is 8.81. The lowest BCUT2D eigenvalue weighted by molar-refractivity contribution is -0.0243. The van der Waals surface area contributed by atoms with Crippen molar-refractivity contribution in [3.63, 3.8) is 0 Å². The van der Waals surface area contributed by atoms with Crippen LogP contribution in [0.5, 0.6) is 5.75 Å². The van der Waals surface area contributed by atoms with E-state index in [9.17, 15) is 9.90 Å². The molecule has 1 unspecified atom stereocenters. The van der Waals surface area contributed by atoms with E-state index >= 15 is 0 Å². The van der Waals surface area contributed by atoms with E-state index in [4.69, 9.17) is 9.47 Å². The van der Waals surface area contributed by atoms with Gasteiger partial charge < -0.3 is 19.5 Å². The van der Waals surface area contributed by atoms with Crippen LogP contribution >= 0.6 is 0 Å². The van der Waals surface area contributed by atoms with Gasteiger partial charge in [0.15, 0.2) is 6.79 Å². The summed E-state index contributed by atoms with van der Waals surface area (Å²) >= 11 is 0. The van der Waals surface area contributed by atoms with Gasteiger partial charge in [-0.1, -0.05) is 36.4 Å². The maximum Gasteiger partial charge on any atom is 0.408 e. The molecule has 6 heteroatoms. The summed E-state index contributed by atoms with van der Waals surface area (Å²) in [6, 6.07) is 14.7. The lowest BCUT2D eigenvalue weighted by Gasteiger charge is -2.52. The maximum atomic E-state index is 12.8. The number of ether oxygens (including phenoxy) is 2. The minimum absolute atomic E-state index is 0.0339. The number of piperidine rings is 3. The molecule has 1 spiro atoms. The standard InChI is InChI=1S/C28H34N2O4/c1-33-18-34-25-5-3-2-4-22(25)20-6-7-23-21(16-20)8-11-28(12-13-28)26(23)30(27(31)32)24-17-29-14-9-19(24)10-15-29/h2-7,16,19,24,26H,8-15,17-18H2,1H3,(H,31,32)/t24?,26-/m1/s1. The summed E-state index contributed by atoms with van der Waals surface area (Å²) in [5, 5.41) is 10.5. The molecule has 6 nitrogen and oxygen atoms in total. The summed E-state index contributed by atoms with van der Waals surface area (Å²) in [6.07, 6.45) is 5.85. The van der Waals surface area contributed by atoms with Crippen LogP contribution in [-0.4, -0.2) is 60.6 Å². The summed E-state index contributed by atoms with van der Waals surface area (Å²) in [5.41, 5.74) is 4.78. The van der Waals surface area contributed by atoms with Crippen molar-refractivity contribution in [2.45, 2.75) is 50.6 Å². The number of hydrogen-bond donors (Lipinski definition) is 1. The molecule has 3 heterocycles. The molecule has 2 bridgehead atoms. The second-order valence-corrected chi connectivity index (χ2v) is 10.6. The summed E-state index contributed by atoms with van der Waals surface area (Å²) in [5.74, 6) is 1.29. The number of carbonyl (C=O) groups is 1. The van der Waals surface area contributed by atoms with Crippen molar-refractivity contribution in [2.75, 3.05) is 33.5 Å². The predicted octanol–water partition coefficient (Wildman–Crippen LogP) is 5.18. The van der Waals surface area contributed by atoms with Crippen LogP contribution in [0.3, 0.4) is 0 Å². The van der Waals surface area contributed by atoms with Gasteiger partial charge in [0.25, 0.3) is 0 Å². The highest BCUT2D eigenvalue weighted by molar-refractivity contribution is 5.72. The first-order valence-electron chi connectivity index (χ1n) is 12.7. The van der Waals surface area contributed by atoms with Crippen molar-refractivity contribution in [1.82, 2.24) is 9.80 Å². The summed E-state index contributed by atoms with van der Waals surface area (Å²) in [4.78, 5) is 17.2. The van der Waals surface area contributed by atoms with Crippen molar-refractivity contribution in [2.24, 2.45) is 11.3 Å². The Morgan fingerprint density at radius 1 is 1.15 bits per heavy atom. The Morgan fingerprint density at radius 2 is 1.94 bits per heavy atom. The number of carboxylic acid groups (broad SMARTS) is 1. The number of methoxy groups -OCH3 is 1. The minimum atomic E-state index is -0.745. The quantitative estimate of drug-likeness (QED) is 0.600. The Labute approximate surface area is 201 Å². The van der Waals surface area contributed by atoms with Gasteiger partial charge in [-0.05, 0) is 85.7 Å². The van der Waals surface area contributed by atoms with Crippen LogP contribution in [0.25, 0.3) is 11.1 Å². The van der Waals surface area contributed by atoms with Crippen LogP contribution in [0.15, 0.2) is 42.5 Å². The molecule has 0 aromatic heterocycles. The zero-order chi connectivity index (χ0) is 23.3. The molecule has 5 aliphatic rings. The van der Waals surface area contributed by atoms with Gasteiger partial charge in [0.2, 0.25) is 0 Å². The molecule has 2 atom stereocenters. The third kappa shape index (κ3) is 3.68. The lowest BCUT2D eigenvalue weighted by Crippen LogP contribution is -2.60. The first kappa shape index (κ1) is 21.9. The Bertz CT molecular complexity index is 1070. The Morgan fingerprint density at radius 3 is 2.62 bits per heavy atom. The molecule has 4 fully saturated rings. The number of hydrogen-bond acceptors (Lipinski definition) is 4. The largest absolute Gasteiger partial charge is 0.467 e. The van der Waals surface area contributed by atoms with Crippen LogP contribution in [0.1, 0.15) is 49.3 Å². The van der Waals surface area contributed by atoms with Gasteiger partial charge in [-0.2, -0.15) is 0 Å². The summed E-state index contributed by atoms with van der Waals surface area (Å²) < 4.78 is 10.9. The number of amides is 1. The summed E-state index contributed by atoms with van der Waals surface area (Å²) in [7, 11) is 1.62. The van der Waals surface area contributed by atoms with Gasteiger partial charge >= 0.3 is 6.09 Å². The van der Waals surface area contributed by atoms with Crippen LogP contribution in [0.4, 0.5) is 4.79 Å². The van der Waals surface area contributed by atoms with Gasteiger partial charge in [0.05, 0.1) is 12.1 Å². The molecule has 180 valence electrons. The minimum Gasteiger partial charge on any atom is -0.467 e. The maximum absolute atomic E-state index is 12.8. The molecule has 2 aromatic carbocycles. The van der Waals surface area contributed by atoms with Crippen LogP contribution < -0.4 is 4.74 Å². The fourth-order valence-corrected chi connectivity index (χ4v) is 6.88. The molecule has 2 aliphatic carbocycles. The van der Waals surface area contributed by atoms with Gasteiger partial charge in [-0.15, -0.1) is 0 Å². The highest BCUT2D eigenvalue weighted by Gasteiger charge is 2.57. The number of aryl methyl sites for hydroxylation is 1. The molecule has 34 heavy (non-hydrogen) atoms. The van der Waals surface area contributed by atoms with Crippen LogP contribution in [-0.2, 0) is 11.2 Å². The molecule has 3 saturated heterocycles. The van der Waals surface area contributed by atoms with E-state index in [0.29, 0.717) is 5.92 Å². The number of para-hydroxylation sites is 1. The smallest absolute Gasteiger partial charge is 0.408 e. The van der Waals surface area contributed by atoms with Crippen molar-refractivity contribution in [3.05, 3.63) is 53.6 Å². The molecule has 1 N–H and O–H groups in total. The van der Waals surface area contributed by atoms with Crippen molar-refractivity contribution in [1.29, 1.82) is 0 Å². The van der Waals surface area contributed by atoms with Gasteiger partial charge in [-0.3, -0.25) is 4.90 Å².